The van der Waals surface area contributed by atoms with E-state index in [0.717, 1.165) is 48.2 Å². The van der Waals surface area contributed by atoms with Crippen molar-refractivity contribution in [2.75, 3.05) is 23.9 Å². The molecule has 3 aromatic rings. The molecule has 0 N–H and O–H groups in total. The summed E-state index contributed by atoms with van der Waals surface area (Å²) in [5, 5.41) is 2.35. The molecule has 1 aliphatic carbocycles. The Labute approximate surface area is 209 Å². The molecule has 1 saturated carbocycles. The van der Waals surface area contributed by atoms with Gasteiger partial charge in [-0.1, -0.05) is 68.7 Å². The minimum absolute atomic E-state index is 0.0666. The molecule has 1 amide bonds. The van der Waals surface area contributed by atoms with Crippen molar-refractivity contribution in [1.82, 2.24) is 0 Å². The van der Waals surface area contributed by atoms with Crippen LogP contribution in [0.5, 0.6) is 0 Å². The minimum atomic E-state index is 0.0666. The third-order valence-corrected chi connectivity index (χ3v) is 7.01. The number of amides is 1. The number of hydrogen-bond donors (Lipinski definition) is 0. The summed E-state index contributed by atoms with van der Waals surface area (Å²) in [4.78, 5) is 29.8. The van der Waals surface area contributed by atoms with E-state index in [-0.39, 0.29) is 17.6 Å². The zero-order valence-corrected chi connectivity index (χ0v) is 21.2. The van der Waals surface area contributed by atoms with Gasteiger partial charge < -0.3 is 9.80 Å². The Balaban J connectivity index is 1.74. The van der Waals surface area contributed by atoms with Gasteiger partial charge in [0.2, 0.25) is 5.91 Å². The van der Waals surface area contributed by atoms with E-state index in [1.165, 1.54) is 17.2 Å². The molecular weight excluding hydrogens is 432 g/mol. The summed E-state index contributed by atoms with van der Waals surface area (Å²) < 4.78 is 0. The fraction of sp³-hybridized carbons (Fsp3) is 0.355. The smallest absolute Gasteiger partial charge is 0.230 e. The van der Waals surface area contributed by atoms with E-state index in [4.69, 9.17) is 0 Å². The van der Waals surface area contributed by atoms with Gasteiger partial charge in [0.1, 0.15) is 0 Å². The molecule has 4 rings (SSSR count). The van der Waals surface area contributed by atoms with Crippen LogP contribution in [-0.2, 0) is 16.1 Å². The lowest BCUT2D eigenvalue weighted by atomic mass is 9.88. The lowest BCUT2D eigenvalue weighted by Crippen LogP contribution is -2.36. The van der Waals surface area contributed by atoms with Crippen LogP contribution in [0.2, 0.25) is 0 Å². The van der Waals surface area contributed by atoms with Crippen molar-refractivity contribution in [3.05, 3.63) is 77.9 Å². The van der Waals surface area contributed by atoms with Crippen LogP contribution in [-0.4, -0.2) is 25.8 Å². The van der Waals surface area contributed by atoms with Crippen molar-refractivity contribution in [2.24, 2.45) is 5.92 Å². The number of hydrogen-bond acceptors (Lipinski definition) is 3. The number of anilines is 2. The highest BCUT2D eigenvalue weighted by atomic mass is 16.2. The van der Waals surface area contributed by atoms with Crippen molar-refractivity contribution in [3.63, 3.8) is 0 Å². The first kappa shape index (κ1) is 24.7. The third kappa shape index (κ3) is 6.00. The second kappa shape index (κ2) is 11.4. The van der Waals surface area contributed by atoms with Gasteiger partial charge in [-0.3, -0.25) is 9.59 Å². The molecular formula is C31H36N2O2. The number of allylic oxidation sites excluding steroid dienone is 1. The lowest BCUT2D eigenvalue weighted by Gasteiger charge is -2.30. The van der Waals surface area contributed by atoms with E-state index in [1.807, 2.05) is 56.3 Å². The fourth-order valence-electron chi connectivity index (χ4n) is 4.88. The van der Waals surface area contributed by atoms with Gasteiger partial charge in [-0.15, -0.1) is 0 Å². The molecule has 0 radical (unpaired) electrons. The predicted molar refractivity (Wildman–Crippen MR) is 147 cm³/mol. The highest BCUT2D eigenvalue weighted by molar-refractivity contribution is 5.97. The Kier molecular flexibility index (Phi) is 8.02. The molecule has 1 aliphatic rings. The zero-order chi connectivity index (χ0) is 24.8. The van der Waals surface area contributed by atoms with Gasteiger partial charge in [0.25, 0.3) is 0 Å². The summed E-state index contributed by atoms with van der Waals surface area (Å²) in [5.41, 5.74) is 4.09. The van der Waals surface area contributed by atoms with Crippen molar-refractivity contribution in [1.29, 1.82) is 0 Å². The average Bonchev–Trinajstić information content (AvgIpc) is 2.90. The Morgan fingerprint density at radius 2 is 1.69 bits per heavy atom. The molecule has 0 heterocycles. The maximum absolute atomic E-state index is 13.9. The first-order valence-corrected chi connectivity index (χ1v) is 12.8. The maximum atomic E-state index is 13.9. The molecule has 0 atom stereocenters. The molecule has 0 aliphatic heterocycles. The van der Waals surface area contributed by atoms with Crippen molar-refractivity contribution in [2.45, 2.75) is 52.0 Å². The number of fused-ring (bicyclic) bond motifs is 1. The predicted octanol–water partition coefficient (Wildman–Crippen LogP) is 7.01. The third-order valence-electron chi connectivity index (χ3n) is 7.01. The highest BCUT2D eigenvalue weighted by Crippen LogP contribution is 2.31. The first-order chi connectivity index (χ1) is 17.0. The Bertz CT molecular complexity index is 1220. The van der Waals surface area contributed by atoms with Gasteiger partial charge >= 0.3 is 0 Å². The van der Waals surface area contributed by atoms with Crippen LogP contribution < -0.4 is 9.80 Å². The Hall–Kier alpha value is -3.40. The Morgan fingerprint density at radius 1 is 0.914 bits per heavy atom. The molecule has 4 heteroatoms. The van der Waals surface area contributed by atoms with E-state index in [2.05, 4.69) is 41.3 Å². The summed E-state index contributed by atoms with van der Waals surface area (Å²) in [6.45, 7) is 2.38. The van der Waals surface area contributed by atoms with E-state index in [0.29, 0.717) is 13.0 Å². The van der Waals surface area contributed by atoms with Gasteiger partial charge in [-0.05, 0) is 65.1 Å². The summed E-state index contributed by atoms with van der Waals surface area (Å²) in [6.07, 6.45) is 9.32. The van der Waals surface area contributed by atoms with E-state index in [9.17, 15) is 9.59 Å². The lowest BCUT2D eigenvalue weighted by molar-refractivity contribution is -0.123. The zero-order valence-electron chi connectivity index (χ0n) is 21.2. The van der Waals surface area contributed by atoms with Crippen molar-refractivity contribution >= 4 is 39.9 Å². The summed E-state index contributed by atoms with van der Waals surface area (Å²) in [6, 6.07) is 20.8. The molecule has 182 valence electrons. The van der Waals surface area contributed by atoms with Gasteiger partial charge in [-0.2, -0.15) is 0 Å². The summed E-state index contributed by atoms with van der Waals surface area (Å²) in [7, 11) is 4.09. The Morgan fingerprint density at radius 3 is 2.43 bits per heavy atom. The molecule has 0 saturated heterocycles. The quantitative estimate of drug-likeness (QED) is 0.334. The van der Waals surface area contributed by atoms with Gasteiger partial charge in [0.05, 0.1) is 6.54 Å². The topological polar surface area (TPSA) is 40.6 Å². The first-order valence-electron chi connectivity index (χ1n) is 12.8. The number of carbonyl (C=O) groups excluding carboxylic acids is 2. The van der Waals surface area contributed by atoms with E-state index >= 15 is 0 Å². The number of ketones is 1. The minimum Gasteiger partial charge on any atom is -0.378 e. The second-order valence-corrected chi connectivity index (χ2v) is 9.72. The van der Waals surface area contributed by atoms with Crippen LogP contribution in [0, 0.1) is 5.92 Å². The van der Waals surface area contributed by atoms with Gasteiger partial charge in [0.15, 0.2) is 5.78 Å². The monoisotopic (exact) mass is 468 g/mol. The molecule has 1 fully saturated rings. The molecule has 3 aromatic carbocycles. The number of carbonyl (C=O) groups is 2. The maximum Gasteiger partial charge on any atom is 0.230 e. The molecule has 0 spiro atoms. The van der Waals surface area contributed by atoms with E-state index in [1.54, 1.807) is 6.08 Å². The SMILES string of the molecule is CCC(=O)/C=C/c1cccc(N(Cc2cccc3ccc(N(C)C)cc23)C(=O)C2CCCCC2)c1. The molecule has 35 heavy (non-hydrogen) atoms. The van der Waals surface area contributed by atoms with Gasteiger partial charge in [0, 0.05) is 37.8 Å². The number of nitrogens with zero attached hydrogens (tertiary/aromatic N) is 2. The molecule has 0 bridgehead atoms. The number of rotatable bonds is 8. The summed E-state index contributed by atoms with van der Waals surface area (Å²) >= 11 is 0. The highest BCUT2D eigenvalue weighted by Gasteiger charge is 2.27. The van der Waals surface area contributed by atoms with Crippen LogP contribution in [0.15, 0.2) is 66.7 Å². The van der Waals surface area contributed by atoms with Gasteiger partial charge in [-0.25, -0.2) is 0 Å². The van der Waals surface area contributed by atoms with Crippen LogP contribution in [0.4, 0.5) is 11.4 Å². The molecule has 0 unspecified atom stereocenters. The summed E-state index contributed by atoms with van der Waals surface area (Å²) in [5.74, 6) is 0.367. The normalized spacial score (nSPS) is 14.4. The molecule has 0 aromatic heterocycles. The van der Waals surface area contributed by atoms with Crippen LogP contribution >= 0.6 is 0 Å². The fourth-order valence-corrected chi connectivity index (χ4v) is 4.88. The number of benzene rings is 3. The average molecular weight is 469 g/mol. The van der Waals surface area contributed by atoms with Crippen LogP contribution in [0.25, 0.3) is 16.8 Å². The largest absolute Gasteiger partial charge is 0.378 e. The van der Waals surface area contributed by atoms with E-state index < -0.39 is 0 Å². The molecule has 4 nitrogen and oxygen atoms in total. The van der Waals surface area contributed by atoms with Crippen molar-refractivity contribution < 1.29 is 9.59 Å². The van der Waals surface area contributed by atoms with Crippen molar-refractivity contribution in [3.8, 4) is 0 Å². The second-order valence-electron chi connectivity index (χ2n) is 9.72. The van der Waals surface area contributed by atoms with Crippen LogP contribution in [0.1, 0.15) is 56.6 Å². The van der Waals surface area contributed by atoms with Crippen LogP contribution in [0.3, 0.4) is 0 Å². The standard InChI is InChI=1S/C31H36N2O2/c1-4-29(34)19-16-23-10-8-15-28(20-23)33(31(35)25-11-6-5-7-12-25)22-26-14-9-13-24-17-18-27(32(2)3)21-30(24)26/h8-10,13-21,25H,4-7,11-12,22H2,1-3H3/b19-16+.